The molecule has 5 nitrogen and oxygen atoms in total. The van der Waals surface area contributed by atoms with Gasteiger partial charge in [0.25, 0.3) is 10.2 Å². The van der Waals surface area contributed by atoms with Gasteiger partial charge in [0, 0.05) is 19.1 Å². The fourth-order valence-corrected chi connectivity index (χ4v) is 2.75. The van der Waals surface area contributed by atoms with Gasteiger partial charge in [0.1, 0.15) is 0 Å². The first-order chi connectivity index (χ1) is 5.92. The molecule has 1 aliphatic rings. The highest BCUT2D eigenvalue weighted by molar-refractivity contribution is 7.86. The Bertz CT molecular complexity index is 269. The van der Waals surface area contributed by atoms with Crippen LogP contribution < -0.4 is 10.9 Å². The second-order valence-corrected chi connectivity index (χ2v) is 5.23. The first kappa shape index (κ1) is 10.9. The van der Waals surface area contributed by atoms with Gasteiger partial charge in [-0.3, -0.25) is 0 Å². The molecule has 0 radical (unpaired) electrons. The molecule has 0 aromatic carbocycles. The van der Waals surface area contributed by atoms with E-state index >= 15 is 0 Å². The molecule has 1 rings (SSSR count). The second kappa shape index (κ2) is 3.53. The summed E-state index contributed by atoms with van der Waals surface area (Å²) in [7, 11) is -2.10. The Morgan fingerprint density at radius 2 is 1.85 bits per heavy atom. The van der Waals surface area contributed by atoms with Crippen LogP contribution in [-0.2, 0) is 10.2 Å². The molecule has 1 saturated carbocycles. The lowest BCUT2D eigenvalue weighted by molar-refractivity contribution is 0.231. The number of nitrogens with two attached hydrogens (primary N) is 2. The summed E-state index contributed by atoms with van der Waals surface area (Å²) in [4.78, 5) is 0. The van der Waals surface area contributed by atoms with E-state index in [4.69, 9.17) is 10.9 Å². The Balaban J connectivity index is 2.89. The van der Waals surface area contributed by atoms with Crippen molar-refractivity contribution in [3.63, 3.8) is 0 Å². The molecule has 4 N–H and O–H groups in total. The van der Waals surface area contributed by atoms with Crippen LogP contribution in [0.15, 0.2) is 0 Å². The van der Waals surface area contributed by atoms with Gasteiger partial charge >= 0.3 is 0 Å². The minimum Gasteiger partial charge on any atom is -0.329 e. The van der Waals surface area contributed by atoms with Gasteiger partial charge in [-0.05, 0) is 12.8 Å². The Kier molecular flexibility index (Phi) is 2.96. The van der Waals surface area contributed by atoms with Crippen molar-refractivity contribution in [3.05, 3.63) is 0 Å². The lowest BCUT2D eigenvalue weighted by Gasteiger charge is -2.35. The van der Waals surface area contributed by atoms with Crippen LogP contribution in [0.5, 0.6) is 0 Å². The van der Waals surface area contributed by atoms with E-state index < -0.39 is 15.7 Å². The molecule has 0 aliphatic heterocycles. The van der Waals surface area contributed by atoms with E-state index in [1.807, 2.05) is 0 Å². The maximum Gasteiger partial charge on any atom is 0.277 e. The average Bonchev–Trinajstić information content (AvgIpc) is 2.50. The molecule has 0 aromatic rings. The first-order valence-corrected chi connectivity index (χ1v) is 5.89. The number of nitrogens with zero attached hydrogens (tertiary/aromatic N) is 1. The Morgan fingerprint density at radius 3 is 2.15 bits per heavy atom. The molecular weight excluding hydrogens is 190 g/mol. The van der Waals surface area contributed by atoms with Gasteiger partial charge in [-0.2, -0.15) is 12.7 Å². The van der Waals surface area contributed by atoms with Crippen molar-refractivity contribution < 1.29 is 8.42 Å². The summed E-state index contributed by atoms with van der Waals surface area (Å²) in [5, 5.41) is 5.06. The Morgan fingerprint density at radius 1 is 1.38 bits per heavy atom. The zero-order chi connectivity index (χ0) is 10.1. The quantitative estimate of drug-likeness (QED) is 0.647. The molecular formula is C7H17N3O2S. The van der Waals surface area contributed by atoms with Crippen LogP contribution in [0, 0.1) is 0 Å². The SMILES string of the molecule is CN(C1(CN)CCCC1)S(N)(=O)=O. The third-order valence-electron chi connectivity index (χ3n) is 2.96. The second-order valence-electron chi connectivity index (χ2n) is 3.65. The van der Waals surface area contributed by atoms with Gasteiger partial charge < -0.3 is 5.73 Å². The van der Waals surface area contributed by atoms with Gasteiger partial charge in [0.05, 0.1) is 0 Å². The first-order valence-electron chi connectivity index (χ1n) is 4.39. The summed E-state index contributed by atoms with van der Waals surface area (Å²) in [6.45, 7) is 0.347. The standard InChI is InChI=1S/C7H17N3O2S/c1-10(13(9,11)12)7(6-8)4-2-3-5-7/h2-6,8H2,1H3,(H2,9,11,12). The summed E-state index contributed by atoms with van der Waals surface area (Å²) in [6.07, 6.45) is 3.68. The zero-order valence-electron chi connectivity index (χ0n) is 7.86. The molecule has 0 amide bonds. The largest absolute Gasteiger partial charge is 0.329 e. The summed E-state index contributed by atoms with van der Waals surface area (Å²) in [6, 6.07) is 0. The third-order valence-corrected chi connectivity index (χ3v) is 4.11. The average molecular weight is 207 g/mol. The Labute approximate surface area is 79.3 Å². The van der Waals surface area contributed by atoms with E-state index in [1.165, 1.54) is 11.4 Å². The van der Waals surface area contributed by atoms with E-state index in [0.29, 0.717) is 6.54 Å². The number of hydrogen-bond donors (Lipinski definition) is 2. The van der Waals surface area contributed by atoms with Crippen molar-refractivity contribution in [1.29, 1.82) is 0 Å². The van der Waals surface area contributed by atoms with Crippen LogP contribution in [0.3, 0.4) is 0 Å². The lowest BCUT2D eigenvalue weighted by Crippen LogP contribution is -2.54. The minimum atomic E-state index is -3.60. The van der Waals surface area contributed by atoms with Gasteiger partial charge in [0.2, 0.25) is 0 Å². The van der Waals surface area contributed by atoms with E-state index in [9.17, 15) is 8.42 Å². The molecule has 13 heavy (non-hydrogen) atoms. The molecule has 6 heteroatoms. The molecule has 0 spiro atoms. The molecule has 78 valence electrons. The van der Waals surface area contributed by atoms with Crippen molar-refractivity contribution >= 4 is 10.2 Å². The fourth-order valence-electron chi connectivity index (χ4n) is 1.95. The summed E-state index contributed by atoms with van der Waals surface area (Å²) in [5.74, 6) is 0. The molecule has 0 unspecified atom stereocenters. The van der Waals surface area contributed by atoms with Crippen molar-refractivity contribution in [2.45, 2.75) is 31.2 Å². The highest BCUT2D eigenvalue weighted by Crippen LogP contribution is 2.34. The summed E-state index contributed by atoms with van der Waals surface area (Å²) in [5.41, 5.74) is 5.18. The number of rotatable bonds is 3. The van der Waals surface area contributed by atoms with Crippen molar-refractivity contribution in [2.75, 3.05) is 13.6 Å². The molecule has 0 aromatic heterocycles. The smallest absolute Gasteiger partial charge is 0.277 e. The van der Waals surface area contributed by atoms with Crippen LogP contribution >= 0.6 is 0 Å². The predicted octanol–water partition coefficient (Wildman–Crippen LogP) is -0.607. The fraction of sp³-hybridized carbons (Fsp3) is 1.00. The predicted molar refractivity (Wildman–Crippen MR) is 51.1 cm³/mol. The monoisotopic (exact) mass is 207 g/mol. The zero-order valence-corrected chi connectivity index (χ0v) is 8.68. The number of hydrogen-bond acceptors (Lipinski definition) is 3. The van der Waals surface area contributed by atoms with E-state index in [0.717, 1.165) is 25.7 Å². The highest BCUT2D eigenvalue weighted by Gasteiger charge is 2.40. The van der Waals surface area contributed by atoms with Crippen LogP contribution in [0.25, 0.3) is 0 Å². The van der Waals surface area contributed by atoms with Crippen LogP contribution in [0.1, 0.15) is 25.7 Å². The minimum absolute atomic E-state index is 0.347. The molecule has 0 atom stereocenters. The highest BCUT2D eigenvalue weighted by atomic mass is 32.2. The molecule has 0 heterocycles. The van der Waals surface area contributed by atoms with Crippen LogP contribution in [-0.4, -0.2) is 31.9 Å². The topological polar surface area (TPSA) is 89.4 Å². The van der Waals surface area contributed by atoms with E-state index in [-0.39, 0.29) is 0 Å². The van der Waals surface area contributed by atoms with Crippen LogP contribution in [0.2, 0.25) is 0 Å². The van der Waals surface area contributed by atoms with Gasteiger partial charge in [-0.15, -0.1) is 0 Å². The lowest BCUT2D eigenvalue weighted by atomic mass is 9.98. The molecule has 0 bridgehead atoms. The van der Waals surface area contributed by atoms with Gasteiger partial charge in [-0.25, -0.2) is 5.14 Å². The summed E-state index contributed by atoms with van der Waals surface area (Å²) < 4.78 is 23.5. The molecule has 0 saturated heterocycles. The normalized spacial score (nSPS) is 22.5. The Hall–Kier alpha value is -0.170. The van der Waals surface area contributed by atoms with Crippen molar-refractivity contribution in [3.8, 4) is 0 Å². The molecule has 1 aliphatic carbocycles. The number of likely N-dealkylation sites (N-methyl/N-ethyl adjacent to an activating group) is 1. The van der Waals surface area contributed by atoms with Crippen LogP contribution in [0.4, 0.5) is 0 Å². The maximum absolute atomic E-state index is 11.1. The third kappa shape index (κ3) is 2.01. The van der Waals surface area contributed by atoms with Crippen molar-refractivity contribution in [2.24, 2.45) is 10.9 Å². The summed E-state index contributed by atoms with van der Waals surface area (Å²) >= 11 is 0. The van der Waals surface area contributed by atoms with Gasteiger partial charge in [0.15, 0.2) is 0 Å². The maximum atomic E-state index is 11.1. The molecule has 1 fully saturated rings. The van der Waals surface area contributed by atoms with E-state index in [2.05, 4.69) is 0 Å². The van der Waals surface area contributed by atoms with E-state index in [1.54, 1.807) is 0 Å². The van der Waals surface area contributed by atoms with Gasteiger partial charge in [-0.1, -0.05) is 12.8 Å². The van der Waals surface area contributed by atoms with Crippen molar-refractivity contribution in [1.82, 2.24) is 4.31 Å².